The number of benzene rings is 1. The summed E-state index contributed by atoms with van der Waals surface area (Å²) in [4.78, 5) is 20.5. The highest BCUT2D eigenvalue weighted by atomic mass is 16.1. The maximum atomic E-state index is 10.2. The molecule has 0 amide bonds. The molecule has 4 nitrogen and oxygen atoms in total. The smallest absolute Gasteiger partial charge is 0.181 e. The minimum Gasteiger partial charge on any atom is -0.300 e. The van der Waals surface area contributed by atoms with Gasteiger partial charge in [0.05, 0.1) is 5.69 Å². The molecule has 0 aromatic heterocycles. The Morgan fingerprint density at radius 1 is 1.29 bits per heavy atom. The van der Waals surface area contributed by atoms with Crippen molar-refractivity contribution in [2.24, 2.45) is 10.2 Å². The van der Waals surface area contributed by atoms with Gasteiger partial charge < -0.3 is 9.59 Å². The summed E-state index contributed by atoms with van der Waals surface area (Å²) in [7, 11) is 0. The van der Waals surface area contributed by atoms with Crippen molar-refractivity contribution in [1.29, 1.82) is 0 Å². The van der Waals surface area contributed by atoms with Crippen molar-refractivity contribution in [3.63, 3.8) is 0 Å². The fourth-order valence-electron chi connectivity index (χ4n) is 0.910. The van der Waals surface area contributed by atoms with Gasteiger partial charge in [-0.2, -0.15) is 10.2 Å². The van der Waals surface area contributed by atoms with Crippen molar-refractivity contribution >= 4 is 18.3 Å². The molecule has 0 atom stereocenters. The van der Waals surface area contributed by atoms with Gasteiger partial charge in [0.15, 0.2) is 18.6 Å². The molecular weight excluding hydrogens is 180 g/mol. The zero-order valence-electron chi connectivity index (χ0n) is 7.75. The first-order chi connectivity index (χ1) is 6.76. The molecule has 72 valence electrons. The lowest BCUT2D eigenvalue weighted by molar-refractivity contribution is -0.116. The first-order valence-electron chi connectivity index (χ1n) is 4.14. The molecule has 0 aliphatic heterocycles. The topological polar surface area (TPSA) is 58.9 Å². The summed E-state index contributed by atoms with van der Waals surface area (Å²) in [5.74, 6) is 0. The molecule has 0 aliphatic carbocycles. The lowest BCUT2D eigenvalue weighted by atomic mass is 10.2. The second-order valence-electron chi connectivity index (χ2n) is 2.82. The maximum Gasteiger partial charge on any atom is 0.181 e. The van der Waals surface area contributed by atoms with Gasteiger partial charge in [-0.05, 0) is 24.6 Å². The quantitative estimate of drug-likeness (QED) is 0.413. The number of rotatable bonds is 4. The van der Waals surface area contributed by atoms with Crippen LogP contribution in [0.2, 0.25) is 0 Å². The number of carbonyl (C=O) groups excluding carboxylic acids is 2. The molecule has 4 heteroatoms. The van der Waals surface area contributed by atoms with E-state index in [1.807, 2.05) is 25.1 Å². The van der Waals surface area contributed by atoms with E-state index >= 15 is 0 Å². The molecule has 0 saturated heterocycles. The van der Waals surface area contributed by atoms with E-state index in [2.05, 4.69) is 10.2 Å². The Kier molecular flexibility index (Phi) is 3.67. The number of carbonyl (C=O) groups is 2. The minimum atomic E-state index is -0.990. The first-order valence-corrected chi connectivity index (χ1v) is 4.14. The molecule has 0 bridgehead atoms. The number of hydrogen-bond donors (Lipinski definition) is 0. The highest BCUT2D eigenvalue weighted by Gasteiger charge is 2.00. The fraction of sp³-hybridized carbons (Fsp3) is 0.200. The molecule has 0 heterocycles. The monoisotopic (exact) mass is 190 g/mol. The van der Waals surface area contributed by atoms with Crippen molar-refractivity contribution in [2.75, 3.05) is 0 Å². The molecule has 0 unspecified atom stereocenters. The summed E-state index contributed by atoms with van der Waals surface area (Å²) >= 11 is 0. The van der Waals surface area contributed by atoms with Gasteiger partial charge in [0, 0.05) is 0 Å². The zero-order chi connectivity index (χ0) is 10.4. The normalized spacial score (nSPS) is 10.7. The van der Waals surface area contributed by atoms with Crippen molar-refractivity contribution in [2.45, 2.75) is 13.0 Å². The van der Waals surface area contributed by atoms with Crippen LogP contribution >= 0.6 is 0 Å². The molecule has 0 fully saturated rings. The Morgan fingerprint density at radius 2 is 2.00 bits per heavy atom. The predicted octanol–water partition coefficient (Wildman–Crippen LogP) is 1.85. The summed E-state index contributed by atoms with van der Waals surface area (Å²) in [6.07, 6.45) is 0.901. The van der Waals surface area contributed by atoms with Crippen molar-refractivity contribution in [1.82, 2.24) is 0 Å². The van der Waals surface area contributed by atoms with Crippen LogP contribution in [0.5, 0.6) is 0 Å². The molecule has 0 N–H and O–H groups in total. The van der Waals surface area contributed by atoms with E-state index in [0.29, 0.717) is 18.3 Å². The highest BCUT2D eigenvalue weighted by molar-refractivity contribution is 5.82. The number of nitrogens with zero attached hydrogens (tertiary/aromatic N) is 2. The maximum absolute atomic E-state index is 10.2. The molecule has 0 aliphatic rings. The molecule has 1 aromatic carbocycles. The lowest BCUT2D eigenvalue weighted by Gasteiger charge is -1.94. The third kappa shape index (κ3) is 2.90. The summed E-state index contributed by atoms with van der Waals surface area (Å²) < 4.78 is 0. The van der Waals surface area contributed by atoms with Crippen LogP contribution in [-0.4, -0.2) is 18.6 Å². The van der Waals surface area contributed by atoms with E-state index in [9.17, 15) is 9.59 Å². The lowest BCUT2D eigenvalue weighted by Crippen LogP contribution is -2.05. The van der Waals surface area contributed by atoms with E-state index < -0.39 is 6.04 Å². The molecule has 14 heavy (non-hydrogen) atoms. The molecule has 0 radical (unpaired) electrons. The van der Waals surface area contributed by atoms with E-state index in [4.69, 9.17) is 0 Å². The van der Waals surface area contributed by atoms with Gasteiger partial charge in [-0.1, -0.05) is 12.1 Å². The Bertz CT molecular complexity index is 353. The van der Waals surface area contributed by atoms with Crippen LogP contribution in [0, 0.1) is 6.92 Å². The first kappa shape index (κ1) is 10.2. The van der Waals surface area contributed by atoms with Crippen LogP contribution in [0.4, 0.5) is 5.69 Å². The third-order valence-electron chi connectivity index (χ3n) is 1.59. The second kappa shape index (κ2) is 5.01. The van der Waals surface area contributed by atoms with Gasteiger partial charge in [0.1, 0.15) is 0 Å². The summed E-state index contributed by atoms with van der Waals surface area (Å²) in [5.41, 5.74) is 1.69. The number of azo groups is 1. The number of aldehydes is 2. The average molecular weight is 190 g/mol. The largest absolute Gasteiger partial charge is 0.300 e. The highest BCUT2D eigenvalue weighted by Crippen LogP contribution is 2.13. The standard InChI is InChI=1S/C10H10N2O2/c1-8-3-2-4-9(5-8)11-12-10(6-13)7-14/h2-7,10H,1H3. The Labute approximate surface area is 81.7 Å². The number of hydrogen-bond acceptors (Lipinski definition) is 4. The van der Waals surface area contributed by atoms with E-state index in [-0.39, 0.29) is 0 Å². The summed E-state index contributed by atoms with van der Waals surface area (Å²) in [5, 5.41) is 7.33. The molecule has 1 aromatic rings. The van der Waals surface area contributed by atoms with Crippen LogP contribution < -0.4 is 0 Å². The molecule has 0 saturated carbocycles. The van der Waals surface area contributed by atoms with Gasteiger partial charge in [0.2, 0.25) is 0 Å². The van der Waals surface area contributed by atoms with Crippen molar-refractivity contribution in [3.05, 3.63) is 29.8 Å². The summed E-state index contributed by atoms with van der Waals surface area (Å²) in [6, 6.07) is 6.34. The van der Waals surface area contributed by atoms with E-state index in [0.717, 1.165) is 5.56 Å². The van der Waals surface area contributed by atoms with Crippen molar-refractivity contribution in [3.8, 4) is 0 Å². The molecule has 0 spiro atoms. The number of aryl methyl sites for hydroxylation is 1. The Balaban J connectivity index is 2.77. The Morgan fingerprint density at radius 3 is 2.57 bits per heavy atom. The van der Waals surface area contributed by atoms with Crippen LogP contribution in [0.15, 0.2) is 34.5 Å². The molecular formula is C10H10N2O2. The minimum absolute atomic E-state index is 0.451. The Hall–Kier alpha value is -1.84. The van der Waals surface area contributed by atoms with Crippen LogP contribution in [0.3, 0.4) is 0 Å². The molecule has 1 rings (SSSR count). The van der Waals surface area contributed by atoms with Crippen LogP contribution in [-0.2, 0) is 9.59 Å². The van der Waals surface area contributed by atoms with Gasteiger partial charge in [-0.15, -0.1) is 0 Å². The SMILES string of the molecule is Cc1cccc(N=NC(C=O)C=O)c1. The average Bonchev–Trinajstić information content (AvgIpc) is 2.19. The van der Waals surface area contributed by atoms with E-state index in [1.54, 1.807) is 6.07 Å². The third-order valence-corrected chi connectivity index (χ3v) is 1.59. The van der Waals surface area contributed by atoms with Gasteiger partial charge in [-0.25, -0.2) is 0 Å². The van der Waals surface area contributed by atoms with Crippen LogP contribution in [0.1, 0.15) is 5.56 Å². The van der Waals surface area contributed by atoms with Crippen molar-refractivity contribution < 1.29 is 9.59 Å². The zero-order valence-corrected chi connectivity index (χ0v) is 7.75. The second-order valence-corrected chi connectivity index (χ2v) is 2.82. The van der Waals surface area contributed by atoms with Gasteiger partial charge in [0.25, 0.3) is 0 Å². The van der Waals surface area contributed by atoms with Crippen LogP contribution in [0.25, 0.3) is 0 Å². The fourth-order valence-corrected chi connectivity index (χ4v) is 0.910. The summed E-state index contributed by atoms with van der Waals surface area (Å²) in [6.45, 7) is 1.93. The van der Waals surface area contributed by atoms with Gasteiger partial charge in [-0.3, -0.25) is 0 Å². The van der Waals surface area contributed by atoms with Gasteiger partial charge >= 0.3 is 0 Å². The predicted molar refractivity (Wildman–Crippen MR) is 51.6 cm³/mol. The van der Waals surface area contributed by atoms with E-state index in [1.165, 1.54) is 0 Å².